The minimum atomic E-state index is -0.624. The smallest absolute Gasteiger partial charge is 0.299 e. The van der Waals surface area contributed by atoms with Gasteiger partial charge in [0, 0.05) is 33.0 Å². The highest BCUT2D eigenvalue weighted by molar-refractivity contribution is 6.07. The number of phenolic OH excluding ortho intramolecular Hbond substituents is 8. The summed E-state index contributed by atoms with van der Waals surface area (Å²) in [6.45, 7) is 13.8. The van der Waals surface area contributed by atoms with Crippen molar-refractivity contribution in [3.8, 4) is 46.0 Å². The molecule has 134 heavy (non-hydrogen) atoms. The van der Waals surface area contributed by atoms with Crippen molar-refractivity contribution in [1.82, 2.24) is 26.7 Å². The minimum absolute atomic E-state index is 0. The Bertz CT molecular complexity index is 7310. The number of nitrogens with zero attached hydrogens (tertiary/aromatic N) is 7. The molecule has 17 rings (SSSR count). The van der Waals surface area contributed by atoms with Crippen LogP contribution in [0.1, 0.15) is 162 Å². The number of hydrogen-bond donors (Lipinski definition) is 12. The van der Waals surface area contributed by atoms with Gasteiger partial charge in [0.05, 0.1) is 69.6 Å². The highest BCUT2D eigenvalue weighted by Gasteiger charge is 2.28. The second-order valence-electron chi connectivity index (χ2n) is 32.0. The predicted octanol–water partition coefficient (Wildman–Crippen LogP) is 24.1. The van der Waals surface area contributed by atoms with E-state index < -0.39 is 29.5 Å². The number of phenols is 8. The second-order valence-corrected chi connectivity index (χ2v) is 32.0. The van der Waals surface area contributed by atoms with Crippen LogP contribution in [0.3, 0.4) is 0 Å². The van der Waals surface area contributed by atoms with Gasteiger partial charge in [-0.05, 0) is 203 Å². The molecule has 0 spiro atoms. The number of nitrogens with one attached hydrogen (secondary N) is 4. The molecule has 17 aromatic rings. The van der Waals surface area contributed by atoms with Crippen molar-refractivity contribution in [2.75, 3.05) is 0 Å². The summed E-state index contributed by atoms with van der Waals surface area (Å²) in [6.07, 6.45) is 5.54. The van der Waals surface area contributed by atoms with Crippen LogP contribution in [0.5, 0.6) is 46.0 Å². The van der Waals surface area contributed by atoms with E-state index in [9.17, 15) is 69.2 Å². The van der Waals surface area contributed by atoms with Gasteiger partial charge in [-0.2, -0.15) is 20.4 Å². The first-order valence-electron chi connectivity index (χ1n) is 40.8. The number of hydrogen-bond acceptors (Lipinski definition) is 19. The Kier molecular flexibility index (Phi) is 33.8. The summed E-state index contributed by atoms with van der Waals surface area (Å²) in [4.78, 5) is 66.1. The van der Waals surface area contributed by atoms with E-state index in [4.69, 9.17) is 0 Å². The van der Waals surface area contributed by atoms with Crippen LogP contribution in [-0.2, 0) is 10.8 Å². The minimum Gasteiger partial charge on any atom is -0.507 e. The third-order valence-electron chi connectivity index (χ3n) is 20.5. The van der Waals surface area contributed by atoms with Crippen LogP contribution in [0, 0.1) is 12.7 Å². The SMILES string of the molecule is C.C.C.C.CC(C)(C)c1cc(N=NC(=O)c2cc3ccccc3cc2O)cc(C(C)(C)C)c1O.Cc1cc(F)cc(/C=N/NC(=O)c2cc3ccccc3cc2O)c1.O=C(N/N=C/c1ccc2ccccc2c1O)c1cc2ccccc2cc1O.O=C(N/N=C/c1ccc2ccccc2n1)c1cc2ccccc2cc1O.O=C(N/N=C/c1ccccc1O)c1cc2ccccc2cc1O. The van der Waals surface area contributed by atoms with E-state index in [1.807, 2.05) is 230 Å². The molecular weight excluding hydrogens is 1690 g/mol. The van der Waals surface area contributed by atoms with Crippen molar-refractivity contribution in [2.45, 2.75) is 89.0 Å². The lowest BCUT2D eigenvalue weighted by Gasteiger charge is -2.27. The van der Waals surface area contributed by atoms with E-state index in [1.54, 1.807) is 97.9 Å². The molecule has 12 N–H and O–H groups in total. The molecule has 0 aliphatic carbocycles. The number of para-hydroxylation sites is 2. The largest absolute Gasteiger partial charge is 0.507 e. The summed E-state index contributed by atoms with van der Waals surface area (Å²) < 4.78 is 13.3. The van der Waals surface area contributed by atoms with E-state index in [2.05, 4.69) is 57.3 Å². The third kappa shape index (κ3) is 25.4. The van der Waals surface area contributed by atoms with Crippen molar-refractivity contribution in [3.63, 3.8) is 0 Å². The van der Waals surface area contributed by atoms with Crippen molar-refractivity contribution in [3.05, 3.63) is 382 Å². The number of rotatable bonds is 14. The molecule has 0 radical (unpaired) electrons. The van der Waals surface area contributed by atoms with Crippen LogP contribution in [0.25, 0.3) is 75.5 Å². The number of fused-ring (bicyclic) bond motifs is 7. The fourth-order valence-corrected chi connectivity index (χ4v) is 13.9. The number of aryl methyl sites for hydroxylation is 1. The Morgan fingerprint density at radius 2 is 0.657 bits per heavy atom. The Labute approximate surface area is 774 Å². The number of pyridine rings is 1. The van der Waals surface area contributed by atoms with E-state index in [1.165, 1.54) is 55.2 Å². The molecule has 0 unspecified atom stereocenters. The second kappa shape index (κ2) is 45.1. The maximum atomic E-state index is 13.3. The summed E-state index contributed by atoms with van der Waals surface area (Å²) >= 11 is 0. The first-order valence-corrected chi connectivity index (χ1v) is 40.8. The average Bonchev–Trinajstić information content (AvgIpc) is 0.772. The van der Waals surface area contributed by atoms with Crippen LogP contribution in [0.2, 0.25) is 0 Å². The molecule has 0 aliphatic rings. The normalized spacial score (nSPS) is 11.1. The molecule has 24 nitrogen and oxygen atoms in total. The first-order chi connectivity index (χ1) is 62.4. The van der Waals surface area contributed by atoms with Crippen LogP contribution in [0.15, 0.2) is 340 Å². The lowest BCUT2D eigenvalue weighted by Crippen LogP contribution is -2.17. The summed E-state index contributed by atoms with van der Waals surface area (Å²) in [5.41, 5.74) is 15.3. The number of benzene rings is 16. The fourth-order valence-electron chi connectivity index (χ4n) is 13.9. The highest BCUT2D eigenvalue weighted by Crippen LogP contribution is 2.43. The molecule has 0 fully saturated rings. The molecule has 5 amide bonds. The molecule has 0 aliphatic heterocycles. The monoisotopic (exact) mass is 1790 g/mol. The number of halogens is 1. The van der Waals surface area contributed by atoms with Crippen molar-refractivity contribution < 1.29 is 69.2 Å². The highest BCUT2D eigenvalue weighted by atomic mass is 19.1. The summed E-state index contributed by atoms with van der Waals surface area (Å²) in [5, 5.41) is 116. The molecule has 16 aromatic carbocycles. The zero-order valence-electron chi connectivity index (χ0n) is 71.4. The van der Waals surface area contributed by atoms with Gasteiger partial charge in [-0.1, -0.05) is 265 Å². The van der Waals surface area contributed by atoms with Gasteiger partial charge in [0.25, 0.3) is 29.5 Å². The molecule has 1 aromatic heterocycles. The molecule has 1 heterocycles. The first kappa shape index (κ1) is 100. The number of aromatic nitrogens is 1. The van der Waals surface area contributed by atoms with Crippen molar-refractivity contribution in [1.29, 1.82) is 0 Å². The van der Waals surface area contributed by atoms with Crippen molar-refractivity contribution in [2.24, 2.45) is 30.6 Å². The van der Waals surface area contributed by atoms with Gasteiger partial charge in [-0.3, -0.25) is 24.0 Å². The van der Waals surface area contributed by atoms with Crippen LogP contribution in [0.4, 0.5) is 10.1 Å². The molecule has 0 saturated heterocycles. The number of carbonyl (C=O) groups is 5. The number of aromatic hydroxyl groups is 8. The molecule has 0 bridgehead atoms. The maximum Gasteiger partial charge on any atom is 0.299 e. The molecular formula is C109H104FN11O13. The number of azo groups is 1. The van der Waals surface area contributed by atoms with E-state index in [-0.39, 0.29) is 120 Å². The van der Waals surface area contributed by atoms with Gasteiger partial charge < -0.3 is 40.9 Å². The quantitative estimate of drug-likeness (QED) is 0.0274. The summed E-state index contributed by atoms with van der Waals surface area (Å²) in [5.74, 6) is -3.23. The Morgan fingerprint density at radius 3 is 1.07 bits per heavy atom. The molecule has 0 saturated carbocycles. The van der Waals surface area contributed by atoms with Crippen molar-refractivity contribution >= 4 is 136 Å². The van der Waals surface area contributed by atoms with Gasteiger partial charge in [-0.25, -0.2) is 31.1 Å². The molecule has 25 heteroatoms. The predicted molar refractivity (Wildman–Crippen MR) is 536 cm³/mol. The zero-order valence-corrected chi connectivity index (χ0v) is 71.4. The van der Waals surface area contributed by atoms with E-state index >= 15 is 0 Å². The molecule has 680 valence electrons. The molecule has 0 atom stereocenters. The van der Waals surface area contributed by atoms with Crippen LogP contribution >= 0.6 is 0 Å². The number of carbonyl (C=O) groups excluding carboxylic acids is 5. The lowest BCUT2D eigenvalue weighted by molar-refractivity contribution is 0.0944. The Hall–Kier alpha value is -17.4. The van der Waals surface area contributed by atoms with Gasteiger partial charge in [-0.15, -0.1) is 10.2 Å². The summed E-state index contributed by atoms with van der Waals surface area (Å²) in [7, 11) is 0. The fraction of sp³-hybridized carbons (Fsp3) is 0.119. The third-order valence-corrected chi connectivity index (χ3v) is 20.5. The number of hydrazone groups is 4. The summed E-state index contributed by atoms with van der Waals surface area (Å²) in [6, 6.07) is 90.3. The van der Waals surface area contributed by atoms with Crippen LogP contribution in [-0.4, -0.2) is 100 Å². The topological polar surface area (TPSA) is 382 Å². The Morgan fingerprint density at radius 1 is 0.321 bits per heavy atom. The lowest BCUT2D eigenvalue weighted by atomic mass is 9.79. The average molecular weight is 1800 g/mol. The van der Waals surface area contributed by atoms with Gasteiger partial charge in [0.2, 0.25) is 0 Å². The standard InChI is InChI=1S/C25H28N2O3.C22H16N2O3.C21H15N3O2.C19H15FN2O2.C18H14N2O3.4CH4/c1-24(2,3)19-13-17(14-20(22(19)29)25(4,5)6)26-27-23(30)18-11-15-9-7-8-10-16(15)12-21(18)28;25-20-12-16-7-2-1-6-15(16)11-19(20)22(27)24-23-13-17-10-9-14-5-3-4-8-18(14)21(17)26;25-20-12-16-7-2-1-6-15(16)11-18(20)21(26)24-22-13-17-10-9-14-5-3-4-8-19(14)23-17;1-12-6-13(8-16(20)7-12)11-21-22-19(24)17-9-14-4-2-3-5-15(14)10-18(17)23;21-16-8-4-3-7-14(16)11-19-20-18(23)15-9-12-5-1-2-6-13(12)10-17(15)22;;;;/h7-14,28-29H,1-6H3;1-13,25-26H,(H,24,27);1-13,25H,(H,24,26);2-11,23H,1H3,(H,22,24);1-11,21-22H,(H,20,23);4*1H4/b;23-13+;22-13+;21-11+;19-11+;;;;. The zero-order chi connectivity index (χ0) is 92.3. The van der Waals surface area contributed by atoms with E-state index in [0.29, 0.717) is 33.5 Å². The van der Waals surface area contributed by atoms with Crippen LogP contribution < -0.4 is 21.7 Å². The van der Waals surface area contributed by atoms with Gasteiger partial charge >= 0.3 is 0 Å². The number of amides is 5. The van der Waals surface area contributed by atoms with Gasteiger partial charge in [0.1, 0.15) is 51.8 Å². The maximum absolute atomic E-state index is 13.3. The van der Waals surface area contributed by atoms with Gasteiger partial charge in [0.15, 0.2) is 0 Å². The Balaban J connectivity index is 0.000000187. The van der Waals surface area contributed by atoms with E-state index in [0.717, 1.165) is 86.8 Å².